The van der Waals surface area contributed by atoms with Gasteiger partial charge in [-0.3, -0.25) is 0 Å². The Kier molecular flexibility index (Phi) is 4.04. The van der Waals surface area contributed by atoms with E-state index in [9.17, 15) is 4.79 Å². The molecule has 5 nitrogen and oxygen atoms in total. The highest BCUT2D eigenvalue weighted by molar-refractivity contribution is 6.29. The lowest BCUT2D eigenvalue weighted by atomic mass is 10.2. The summed E-state index contributed by atoms with van der Waals surface area (Å²) >= 11 is 5.86. The molecule has 0 aliphatic carbocycles. The molecular formula is C12H16ClN3O2. The monoisotopic (exact) mass is 269 g/mol. The quantitative estimate of drug-likeness (QED) is 0.845. The van der Waals surface area contributed by atoms with Crippen LogP contribution in [-0.2, 0) is 0 Å². The molecule has 1 fully saturated rings. The number of anilines is 1. The van der Waals surface area contributed by atoms with Crippen molar-refractivity contribution >= 4 is 23.4 Å². The first-order chi connectivity index (χ1) is 8.61. The van der Waals surface area contributed by atoms with Crippen molar-refractivity contribution in [2.24, 2.45) is 0 Å². The van der Waals surface area contributed by atoms with Crippen molar-refractivity contribution in [1.82, 2.24) is 9.88 Å². The van der Waals surface area contributed by atoms with Gasteiger partial charge in [-0.25, -0.2) is 9.78 Å². The maximum Gasteiger partial charge on any atom is 0.339 e. The number of pyridine rings is 1. The summed E-state index contributed by atoms with van der Waals surface area (Å²) in [6.07, 6.45) is 0. The molecule has 18 heavy (non-hydrogen) atoms. The fourth-order valence-electron chi connectivity index (χ4n) is 2.11. The van der Waals surface area contributed by atoms with Crippen molar-refractivity contribution in [1.29, 1.82) is 0 Å². The molecule has 0 aromatic carbocycles. The molecule has 0 amide bonds. The van der Waals surface area contributed by atoms with E-state index in [1.54, 1.807) is 0 Å². The largest absolute Gasteiger partial charge is 0.478 e. The highest BCUT2D eigenvalue weighted by Crippen LogP contribution is 2.22. The third-order valence-corrected chi connectivity index (χ3v) is 3.40. The maximum atomic E-state index is 11.2. The van der Waals surface area contributed by atoms with Gasteiger partial charge in [0.15, 0.2) is 0 Å². The smallest absolute Gasteiger partial charge is 0.339 e. The van der Waals surface area contributed by atoms with E-state index >= 15 is 0 Å². The van der Waals surface area contributed by atoms with Crippen molar-refractivity contribution in [3.8, 4) is 0 Å². The average molecular weight is 270 g/mol. The van der Waals surface area contributed by atoms with Crippen LogP contribution in [0.15, 0.2) is 12.1 Å². The number of carboxylic acid groups (broad SMARTS) is 1. The summed E-state index contributed by atoms with van der Waals surface area (Å²) in [5, 5.41) is 9.49. The average Bonchev–Trinajstić information content (AvgIpc) is 2.38. The minimum absolute atomic E-state index is 0.212. The first-order valence-electron chi connectivity index (χ1n) is 5.99. The zero-order chi connectivity index (χ0) is 13.1. The third-order valence-electron chi connectivity index (χ3n) is 3.19. The summed E-state index contributed by atoms with van der Waals surface area (Å²) < 4.78 is 0. The molecule has 6 heteroatoms. The van der Waals surface area contributed by atoms with Crippen molar-refractivity contribution in [3.63, 3.8) is 0 Å². The number of aromatic carboxylic acids is 1. The van der Waals surface area contributed by atoms with Crippen LogP contribution in [0.3, 0.4) is 0 Å². The van der Waals surface area contributed by atoms with Crippen LogP contribution in [0.1, 0.15) is 17.3 Å². The molecule has 1 aromatic rings. The molecule has 2 heterocycles. The van der Waals surface area contributed by atoms with Crippen LogP contribution < -0.4 is 4.90 Å². The normalized spacial score (nSPS) is 16.9. The van der Waals surface area contributed by atoms with Crippen LogP contribution in [0.2, 0.25) is 5.15 Å². The number of aromatic nitrogens is 1. The maximum absolute atomic E-state index is 11.2. The Labute approximate surface area is 111 Å². The van der Waals surface area contributed by atoms with Crippen molar-refractivity contribution in [2.75, 3.05) is 37.6 Å². The van der Waals surface area contributed by atoms with E-state index in [2.05, 4.69) is 16.8 Å². The number of hydrogen-bond acceptors (Lipinski definition) is 4. The second-order valence-electron chi connectivity index (χ2n) is 4.23. The molecule has 1 aliphatic rings. The van der Waals surface area contributed by atoms with Gasteiger partial charge < -0.3 is 14.9 Å². The fourth-order valence-corrected chi connectivity index (χ4v) is 2.25. The van der Waals surface area contributed by atoms with Gasteiger partial charge in [0.25, 0.3) is 0 Å². The number of likely N-dealkylation sites (N-methyl/N-ethyl adjacent to an activating group) is 1. The minimum atomic E-state index is -0.966. The zero-order valence-electron chi connectivity index (χ0n) is 10.3. The van der Waals surface area contributed by atoms with Gasteiger partial charge in [0.1, 0.15) is 16.5 Å². The molecule has 0 bridgehead atoms. The number of carbonyl (C=O) groups is 1. The van der Waals surface area contributed by atoms with Gasteiger partial charge in [-0.05, 0) is 18.7 Å². The Hall–Kier alpha value is -1.33. The summed E-state index contributed by atoms with van der Waals surface area (Å²) in [6.45, 7) is 6.54. The fraction of sp³-hybridized carbons (Fsp3) is 0.500. The molecule has 0 spiro atoms. The van der Waals surface area contributed by atoms with Crippen LogP contribution in [-0.4, -0.2) is 53.7 Å². The Bertz CT molecular complexity index is 445. The summed E-state index contributed by atoms with van der Waals surface area (Å²) in [6, 6.07) is 3.02. The molecule has 0 radical (unpaired) electrons. The molecular weight excluding hydrogens is 254 g/mol. The topological polar surface area (TPSA) is 56.7 Å². The Balaban J connectivity index is 2.22. The van der Waals surface area contributed by atoms with Crippen molar-refractivity contribution in [2.45, 2.75) is 6.92 Å². The van der Waals surface area contributed by atoms with E-state index in [-0.39, 0.29) is 5.56 Å². The van der Waals surface area contributed by atoms with Crippen LogP contribution in [0.5, 0.6) is 0 Å². The molecule has 0 unspecified atom stereocenters. The van der Waals surface area contributed by atoms with Gasteiger partial charge in [-0.1, -0.05) is 18.5 Å². The SMILES string of the molecule is CCN1CCN(c2nc(Cl)ccc2C(=O)O)CC1. The lowest BCUT2D eigenvalue weighted by molar-refractivity contribution is 0.0697. The number of nitrogens with zero attached hydrogens (tertiary/aromatic N) is 3. The summed E-state index contributed by atoms with van der Waals surface area (Å²) in [7, 11) is 0. The minimum Gasteiger partial charge on any atom is -0.478 e. The predicted octanol–water partition coefficient (Wildman–Crippen LogP) is 1.58. The number of halogens is 1. The standard InChI is InChI=1S/C12H16ClN3O2/c1-2-15-5-7-16(8-6-15)11-9(12(17)18)3-4-10(13)14-11/h3-4H,2,5-8H2,1H3,(H,17,18). The lowest BCUT2D eigenvalue weighted by Gasteiger charge is -2.35. The third kappa shape index (κ3) is 2.73. The molecule has 0 saturated carbocycles. The first kappa shape index (κ1) is 13.1. The summed E-state index contributed by atoms with van der Waals surface area (Å²) in [4.78, 5) is 19.6. The highest BCUT2D eigenvalue weighted by Gasteiger charge is 2.22. The van der Waals surface area contributed by atoms with Gasteiger partial charge in [0, 0.05) is 26.2 Å². The molecule has 1 saturated heterocycles. The van der Waals surface area contributed by atoms with E-state index in [1.807, 2.05) is 4.90 Å². The Morgan fingerprint density at radius 2 is 2.06 bits per heavy atom. The number of hydrogen-bond donors (Lipinski definition) is 1. The molecule has 98 valence electrons. The van der Waals surface area contributed by atoms with Gasteiger partial charge in [-0.2, -0.15) is 0 Å². The molecule has 2 rings (SSSR count). The van der Waals surface area contributed by atoms with Gasteiger partial charge in [0.05, 0.1) is 0 Å². The van der Waals surface area contributed by atoms with E-state index in [4.69, 9.17) is 16.7 Å². The van der Waals surface area contributed by atoms with E-state index < -0.39 is 5.97 Å². The van der Waals surface area contributed by atoms with Gasteiger partial charge >= 0.3 is 5.97 Å². The second kappa shape index (κ2) is 5.54. The van der Waals surface area contributed by atoms with E-state index in [1.165, 1.54) is 12.1 Å². The predicted molar refractivity (Wildman–Crippen MR) is 70.5 cm³/mol. The highest BCUT2D eigenvalue weighted by atomic mass is 35.5. The van der Waals surface area contributed by atoms with E-state index in [0.717, 1.165) is 32.7 Å². The number of rotatable bonds is 3. The molecule has 1 N–H and O–H groups in total. The Morgan fingerprint density at radius 3 is 2.61 bits per heavy atom. The van der Waals surface area contributed by atoms with Crippen molar-refractivity contribution < 1.29 is 9.90 Å². The second-order valence-corrected chi connectivity index (χ2v) is 4.62. The summed E-state index contributed by atoms with van der Waals surface area (Å²) in [5.41, 5.74) is 0.212. The van der Waals surface area contributed by atoms with Crippen LogP contribution >= 0.6 is 11.6 Å². The number of piperazine rings is 1. The molecule has 0 atom stereocenters. The molecule has 1 aromatic heterocycles. The first-order valence-corrected chi connectivity index (χ1v) is 6.36. The summed E-state index contributed by atoms with van der Waals surface area (Å²) in [5.74, 6) is -0.488. The van der Waals surface area contributed by atoms with Gasteiger partial charge in [0.2, 0.25) is 0 Å². The lowest BCUT2D eigenvalue weighted by Crippen LogP contribution is -2.46. The Morgan fingerprint density at radius 1 is 1.39 bits per heavy atom. The number of carboxylic acids is 1. The molecule has 1 aliphatic heterocycles. The van der Waals surface area contributed by atoms with Crippen molar-refractivity contribution in [3.05, 3.63) is 22.8 Å². The van der Waals surface area contributed by atoms with Crippen LogP contribution in [0.25, 0.3) is 0 Å². The zero-order valence-corrected chi connectivity index (χ0v) is 11.0. The van der Waals surface area contributed by atoms with Gasteiger partial charge in [-0.15, -0.1) is 0 Å². The van der Waals surface area contributed by atoms with Crippen LogP contribution in [0, 0.1) is 0 Å². The van der Waals surface area contributed by atoms with Crippen LogP contribution in [0.4, 0.5) is 5.82 Å². The van der Waals surface area contributed by atoms with E-state index in [0.29, 0.717) is 11.0 Å².